The second-order valence-corrected chi connectivity index (χ2v) is 8.79. The van der Waals surface area contributed by atoms with Gasteiger partial charge in [-0.2, -0.15) is 0 Å². The number of nitrogens with one attached hydrogen (secondary N) is 1. The highest BCUT2D eigenvalue weighted by molar-refractivity contribution is 6.23. The fourth-order valence-electron chi connectivity index (χ4n) is 3.56. The van der Waals surface area contributed by atoms with Crippen molar-refractivity contribution >= 4 is 34.8 Å². The van der Waals surface area contributed by atoms with Crippen molar-refractivity contribution in [2.24, 2.45) is 5.73 Å². The van der Waals surface area contributed by atoms with Crippen molar-refractivity contribution in [3.63, 3.8) is 0 Å². The summed E-state index contributed by atoms with van der Waals surface area (Å²) in [6.45, 7) is 6.11. The molecule has 5 heteroatoms. The molecular formula is C32H33N3O2. The van der Waals surface area contributed by atoms with Crippen molar-refractivity contribution in [1.82, 2.24) is 0 Å². The average molecular weight is 492 g/mol. The Morgan fingerprint density at radius 3 is 1.81 bits per heavy atom. The molecule has 0 radical (unpaired) electrons. The van der Waals surface area contributed by atoms with Crippen LogP contribution in [0.1, 0.15) is 45.1 Å². The van der Waals surface area contributed by atoms with Crippen molar-refractivity contribution in [3.8, 4) is 0 Å². The van der Waals surface area contributed by atoms with Crippen LogP contribution >= 0.6 is 0 Å². The molecule has 4 aromatic rings. The van der Waals surface area contributed by atoms with E-state index in [1.807, 2.05) is 80.6 Å². The molecule has 0 atom stereocenters. The van der Waals surface area contributed by atoms with E-state index in [0.717, 1.165) is 28.7 Å². The lowest BCUT2D eigenvalue weighted by atomic mass is 10.0. The van der Waals surface area contributed by atoms with E-state index in [2.05, 4.69) is 24.4 Å². The molecule has 4 rings (SSSR count). The van der Waals surface area contributed by atoms with Crippen LogP contribution in [0.5, 0.6) is 0 Å². The number of aryl methyl sites for hydroxylation is 3. The second kappa shape index (κ2) is 12.9. The van der Waals surface area contributed by atoms with Gasteiger partial charge < -0.3 is 16.8 Å². The van der Waals surface area contributed by atoms with E-state index in [1.165, 1.54) is 5.56 Å². The van der Waals surface area contributed by atoms with Crippen LogP contribution in [-0.4, -0.2) is 11.8 Å². The van der Waals surface area contributed by atoms with Crippen LogP contribution in [0.25, 0.3) is 11.6 Å². The fraction of sp³-hybridized carbons (Fsp3) is 0.125. The van der Waals surface area contributed by atoms with Gasteiger partial charge in [0, 0.05) is 11.1 Å². The summed E-state index contributed by atoms with van der Waals surface area (Å²) in [5.41, 5.74) is 19.0. The van der Waals surface area contributed by atoms with Crippen LogP contribution in [0.2, 0.25) is 0 Å². The molecule has 0 heterocycles. The number of para-hydroxylation sites is 2. The third kappa shape index (κ3) is 7.94. The maximum absolute atomic E-state index is 11.9. The highest BCUT2D eigenvalue weighted by atomic mass is 16.2. The van der Waals surface area contributed by atoms with Gasteiger partial charge in [-0.15, -0.1) is 0 Å². The van der Waals surface area contributed by atoms with Crippen molar-refractivity contribution in [1.29, 1.82) is 0 Å². The molecule has 0 unspecified atom stereocenters. The van der Waals surface area contributed by atoms with Crippen LogP contribution in [-0.2, 0) is 11.2 Å². The Labute approximate surface area is 218 Å². The van der Waals surface area contributed by atoms with E-state index >= 15 is 0 Å². The van der Waals surface area contributed by atoms with Gasteiger partial charge in [-0.3, -0.25) is 9.59 Å². The maximum Gasteiger partial charge on any atom is 0.255 e. The van der Waals surface area contributed by atoms with Crippen molar-refractivity contribution in [2.45, 2.75) is 27.2 Å². The van der Waals surface area contributed by atoms with Crippen molar-refractivity contribution < 1.29 is 9.59 Å². The molecule has 5 N–H and O–H groups in total. The molecule has 2 amide bonds. The van der Waals surface area contributed by atoms with Gasteiger partial charge in [0.05, 0.1) is 11.4 Å². The quantitative estimate of drug-likeness (QED) is 0.165. The second-order valence-electron chi connectivity index (χ2n) is 8.79. The largest absolute Gasteiger partial charge is 0.397 e. The number of rotatable bonds is 6. The van der Waals surface area contributed by atoms with Gasteiger partial charge in [0.15, 0.2) is 0 Å². The van der Waals surface area contributed by atoms with Crippen LogP contribution in [0.4, 0.5) is 11.4 Å². The summed E-state index contributed by atoms with van der Waals surface area (Å²) in [5.74, 6) is -0.559. The molecular weight excluding hydrogens is 458 g/mol. The number of primary amides is 1. The summed E-state index contributed by atoms with van der Waals surface area (Å²) in [4.78, 5) is 23.6. The first-order valence-electron chi connectivity index (χ1n) is 12.2. The van der Waals surface area contributed by atoms with E-state index in [9.17, 15) is 9.59 Å². The minimum Gasteiger partial charge on any atom is -0.397 e. The molecule has 37 heavy (non-hydrogen) atoms. The van der Waals surface area contributed by atoms with Crippen molar-refractivity contribution in [2.75, 3.05) is 11.1 Å². The van der Waals surface area contributed by atoms with Gasteiger partial charge in [-0.25, -0.2) is 0 Å². The van der Waals surface area contributed by atoms with Crippen LogP contribution in [0.15, 0.2) is 97.1 Å². The number of nitrogen functional groups attached to an aromatic ring is 1. The number of amides is 2. The Morgan fingerprint density at radius 1 is 0.757 bits per heavy atom. The predicted octanol–water partition coefficient (Wildman–Crippen LogP) is 6.41. The third-order valence-corrected chi connectivity index (χ3v) is 5.85. The highest BCUT2D eigenvalue weighted by Gasteiger charge is 2.08. The van der Waals surface area contributed by atoms with E-state index < -0.39 is 5.91 Å². The molecule has 0 spiro atoms. The standard InChI is InChI=1S/C18H19NO.C14H14N2O/c1-3-14-6-8-15(9-7-14)12-17(18(19)20)16-10-4-13(2)5-11-16;1-10-6-8-11(9-7-10)14(17)16-13-5-3-2-4-12(13)15/h4-12H,3H2,1-2H3,(H2,19,20);2-9H,15H2,1H3,(H,16,17)/b17-12+;. The fourth-order valence-corrected chi connectivity index (χ4v) is 3.56. The molecule has 4 aromatic carbocycles. The predicted molar refractivity (Wildman–Crippen MR) is 154 cm³/mol. The average Bonchev–Trinajstić information content (AvgIpc) is 2.90. The van der Waals surface area contributed by atoms with Crippen LogP contribution < -0.4 is 16.8 Å². The highest BCUT2D eigenvalue weighted by Crippen LogP contribution is 2.20. The first-order chi connectivity index (χ1) is 17.8. The summed E-state index contributed by atoms with van der Waals surface area (Å²) < 4.78 is 0. The van der Waals surface area contributed by atoms with Gasteiger partial charge in [0.25, 0.3) is 5.91 Å². The van der Waals surface area contributed by atoms with Gasteiger partial charge in [-0.05, 0) is 67.3 Å². The van der Waals surface area contributed by atoms with Crippen molar-refractivity contribution in [3.05, 3.63) is 130 Å². The third-order valence-electron chi connectivity index (χ3n) is 5.85. The first kappa shape index (κ1) is 27.0. The molecule has 0 fully saturated rings. The Morgan fingerprint density at radius 2 is 1.30 bits per heavy atom. The summed E-state index contributed by atoms with van der Waals surface area (Å²) >= 11 is 0. The summed E-state index contributed by atoms with van der Waals surface area (Å²) in [5, 5.41) is 2.78. The number of hydrogen-bond donors (Lipinski definition) is 3. The summed E-state index contributed by atoms with van der Waals surface area (Å²) in [6, 6.07) is 30.6. The molecule has 0 aliphatic rings. The maximum atomic E-state index is 11.9. The lowest BCUT2D eigenvalue weighted by molar-refractivity contribution is -0.112. The molecule has 188 valence electrons. The minimum atomic E-state index is -0.409. The van der Waals surface area contributed by atoms with Gasteiger partial charge >= 0.3 is 0 Å². The van der Waals surface area contributed by atoms with Gasteiger partial charge in [0.1, 0.15) is 0 Å². The molecule has 0 aromatic heterocycles. The lowest BCUT2D eigenvalue weighted by Gasteiger charge is -2.07. The molecule has 0 aliphatic heterocycles. The SMILES string of the molecule is CCc1ccc(/C=C(/C(N)=O)c2ccc(C)cc2)cc1.Cc1ccc(C(=O)Nc2ccccc2N)cc1. The number of benzene rings is 4. The number of carbonyl (C=O) groups is 2. The van der Waals surface area contributed by atoms with Gasteiger partial charge in [-0.1, -0.05) is 90.8 Å². The number of anilines is 2. The molecule has 0 aliphatic carbocycles. The van der Waals surface area contributed by atoms with E-state index in [0.29, 0.717) is 22.5 Å². The lowest BCUT2D eigenvalue weighted by Crippen LogP contribution is -2.12. The minimum absolute atomic E-state index is 0.150. The zero-order valence-electron chi connectivity index (χ0n) is 21.5. The molecule has 0 saturated carbocycles. The van der Waals surface area contributed by atoms with E-state index in [1.54, 1.807) is 24.3 Å². The Kier molecular flexibility index (Phi) is 9.39. The van der Waals surface area contributed by atoms with Gasteiger partial charge in [0.2, 0.25) is 5.91 Å². The monoisotopic (exact) mass is 491 g/mol. The normalized spacial score (nSPS) is 10.7. The number of hydrogen-bond acceptors (Lipinski definition) is 3. The van der Waals surface area contributed by atoms with Crippen LogP contribution in [0, 0.1) is 13.8 Å². The van der Waals surface area contributed by atoms with E-state index in [-0.39, 0.29) is 5.91 Å². The molecule has 0 saturated heterocycles. The number of carbonyl (C=O) groups excluding carboxylic acids is 2. The molecule has 5 nitrogen and oxygen atoms in total. The Balaban J connectivity index is 0.000000208. The Bertz CT molecular complexity index is 1370. The summed E-state index contributed by atoms with van der Waals surface area (Å²) in [6.07, 6.45) is 2.84. The first-order valence-corrected chi connectivity index (χ1v) is 12.2. The Hall–Kier alpha value is -4.64. The number of nitrogens with two attached hydrogens (primary N) is 2. The van der Waals surface area contributed by atoms with Crippen LogP contribution in [0.3, 0.4) is 0 Å². The topological polar surface area (TPSA) is 98.2 Å². The smallest absolute Gasteiger partial charge is 0.255 e. The van der Waals surface area contributed by atoms with E-state index in [4.69, 9.17) is 11.5 Å². The zero-order valence-corrected chi connectivity index (χ0v) is 21.5. The molecule has 0 bridgehead atoms. The summed E-state index contributed by atoms with van der Waals surface area (Å²) in [7, 11) is 0. The zero-order chi connectivity index (χ0) is 26.8.